The van der Waals surface area contributed by atoms with E-state index in [1.165, 1.54) is 80.8 Å². The molecule has 0 aliphatic heterocycles. The highest BCUT2D eigenvalue weighted by molar-refractivity contribution is 6.24. The molecule has 10 N–H and O–H groups in total. The van der Waals surface area contributed by atoms with Gasteiger partial charge in [0.15, 0.2) is 29.4 Å². The third-order valence-corrected chi connectivity index (χ3v) is 16.9. The number of ether oxygens (including phenoxy) is 1. The molecule has 0 bridgehead atoms. The second kappa shape index (κ2) is 17.3. The van der Waals surface area contributed by atoms with Crippen LogP contribution >= 0.6 is 12.4 Å². The van der Waals surface area contributed by atoms with Crippen LogP contribution in [0.5, 0.6) is 5.75 Å². The molecule has 14 atom stereocenters. The van der Waals surface area contributed by atoms with E-state index in [1.807, 2.05) is 0 Å². The quantitative estimate of drug-likeness (QED) is 0.148. The topological polar surface area (TPSA) is 316 Å². The number of pyridine rings is 1. The van der Waals surface area contributed by atoms with E-state index in [0.29, 0.717) is 24.8 Å². The van der Waals surface area contributed by atoms with Crippen molar-refractivity contribution in [1.82, 2.24) is 9.88 Å². The molecule has 0 radical (unpaired) electrons. The second-order valence-corrected chi connectivity index (χ2v) is 20.5. The van der Waals surface area contributed by atoms with Crippen molar-refractivity contribution in [2.24, 2.45) is 46.2 Å². The zero-order valence-corrected chi connectivity index (χ0v) is 39.9. The lowest BCUT2D eigenvalue weighted by atomic mass is 9.44. The van der Waals surface area contributed by atoms with Gasteiger partial charge in [-0.3, -0.25) is 33.9 Å². The SMILES string of the molecule is CN(C)[C@@H]1C(=O)C(C(N)=O)=C(O)[C@@]2(O)C(=O)C3=C(O)c4c(O)cccc4[C@@](C)(O)[C@H]3[C@H](O)[C@@H]12.C[C@@H]1C[C@H]2[C@@H]3CCC4=CC(=O)C=C[C@]4(C)[C@@]3(F)[C@@H](O)C[C@]2(C)[C@@]1(O)C(=O)COC(=O)c1ccncc1.Cl. The fourth-order valence-electron chi connectivity index (χ4n) is 13.6. The molecule has 1 amide bonds. The number of benzene rings is 1. The number of alkyl halides is 1. The molecule has 9 rings (SSSR count). The van der Waals surface area contributed by atoms with Crippen LogP contribution in [0.25, 0.3) is 5.76 Å². The normalized spacial score (nSPS) is 39.2. The maximum atomic E-state index is 17.2. The van der Waals surface area contributed by atoms with Crippen LogP contribution in [0.15, 0.2) is 83.4 Å². The zero-order chi connectivity index (χ0) is 50.9. The average molecular weight is 994 g/mol. The second-order valence-electron chi connectivity index (χ2n) is 20.5. The van der Waals surface area contributed by atoms with Crippen LogP contribution in [-0.2, 0) is 34.3 Å². The van der Waals surface area contributed by atoms with Gasteiger partial charge in [0.05, 0.1) is 52.4 Å². The maximum absolute atomic E-state index is 17.2. The number of phenolic OH excluding ortho intramolecular Hbond substituents is 1. The molecule has 2 aromatic rings. The number of phenols is 1. The lowest BCUT2D eigenvalue weighted by molar-refractivity contribution is -0.219. The van der Waals surface area contributed by atoms with Gasteiger partial charge in [0.2, 0.25) is 11.6 Å². The molecule has 18 nitrogen and oxygen atoms in total. The fourth-order valence-corrected chi connectivity index (χ4v) is 13.6. The molecule has 0 saturated heterocycles. The van der Waals surface area contributed by atoms with E-state index >= 15 is 4.39 Å². The number of hydrogen-bond acceptors (Lipinski definition) is 17. The Balaban J connectivity index is 0.000000204. The van der Waals surface area contributed by atoms with Gasteiger partial charge < -0.3 is 51.3 Å². The van der Waals surface area contributed by atoms with Crippen LogP contribution in [-0.4, -0.2) is 142 Å². The number of Topliss-reactive ketones (excluding diaryl/α,β-unsaturated/α-hetero) is 3. The average Bonchev–Trinajstić information content (AvgIpc) is 3.48. The van der Waals surface area contributed by atoms with Crippen LogP contribution in [0.1, 0.15) is 74.9 Å². The molecule has 70 heavy (non-hydrogen) atoms. The number of ketones is 4. The summed E-state index contributed by atoms with van der Waals surface area (Å²) in [7, 11) is 2.80. The van der Waals surface area contributed by atoms with Gasteiger partial charge in [-0.15, -0.1) is 12.4 Å². The van der Waals surface area contributed by atoms with Gasteiger partial charge in [-0.1, -0.05) is 37.6 Å². The fraction of sp³-hybridized carbons (Fsp3) is 0.500. The van der Waals surface area contributed by atoms with Crippen LogP contribution in [0, 0.1) is 40.4 Å². The van der Waals surface area contributed by atoms with E-state index in [9.17, 15) is 69.6 Å². The molecule has 376 valence electrons. The summed E-state index contributed by atoms with van der Waals surface area (Å²) in [5.74, 6) is -12.7. The highest BCUT2D eigenvalue weighted by Gasteiger charge is 2.76. The monoisotopic (exact) mass is 993 g/mol. The number of carbonyl (C=O) groups excluding carboxylic acids is 6. The minimum atomic E-state index is -3.02. The number of amides is 1. The maximum Gasteiger partial charge on any atom is 0.338 e. The molecule has 1 aromatic heterocycles. The van der Waals surface area contributed by atoms with Crippen molar-refractivity contribution in [3.8, 4) is 5.75 Å². The first-order valence-electron chi connectivity index (χ1n) is 22.6. The number of nitrogens with two attached hydrogens (primary N) is 1. The lowest BCUT2D eigenvalue weighted by Crippen LogP contribution is -2.71. The first-order valence-corrected chi connectivity index (χ1v) is 22.6. The van der Waals surface area contributed by atoms with Crippen molar-refractivity contribution in [3.63, 3.8) is 0 Å². The van der Waals surface area contributed by atoms with Crippen molar-refractivity contribution in [1.29, 1.82) is 0 Å². The predicted molar refractivity (Wildman–Crippen MR) is 246 cm³/mol. The number of esters is 1. The van der Waals surface area contributed by atoms with E-state index in [4.69, 9.17) is 10.5 Å². The number of hydrogen-bond donors (Lipinski definition) is 9. The first-order chi connectivity index (χ1) is 32.1. The van der Waals surface area contributed by atoms with Gasteiger partial charge in [-0.05, 0) is 101 Å². The molecule has 7 aliphatic rings. The number of nitrogens with zero attached hydrogens (tertiary/aromatic N) is 2. The van der Waals surface area contributed by atoms with E-state index in [-0.39, 0.29) is 47.2 Å². The number of aliphatic hydroxyl groups excluding tert-OH is 4. The summed E-state index contributed by atoms with van der Waals surface area (Å²) in [5, 5.41) is 89.6. The summed E-state index contributed by atoms with van der Waals surface area (Å²) in [5.41, 5.74) is -7.05. The molecular formula is C50H57ClFN3O15. The minimum Gasteiger partial charge on any atom is -0.508 e. The number of likely N-dealkylation sites (N-methyl/N-ethyl adjacent to an activating group) is 1. The van der Waals surface area contributed by atoms with E-state index in [2.05, 4.69) is 4.98 Å². The molecule has 4 fully saturated rings. The largest absolute Gasteiger partial charge is 0.508 e. The Morgan fingerprint density at radius 3 is 2.23 bits per heavy atom. The van der Waals surface area contributed by atoms with Crippen molar-refractivity contribution >= 4 is 53.2 Å². The van der Waals surface area contributed by atoms with Gasteiger partial charge in [0, 0.05) is 29.1 Å². The molecule has 1 aromatic carbocycles. The summed E-state index contributed by atoms with van der Waals surface area (Å²) in [4.78, 5) is 81.6. The molecule has 0 spiro atoms. The molecule has 4 saturated carbocycles. The summed E-state index contributed by atoms with van der Waals surface area (Å²) in [6, 6.07) is 5.44. The van der Waals surface area contributed by atoms with Crippen LogP contribution in [0.3, 0.4) is 0 Å². The van der Waals surface area contributed by atoms with Gasteiger partial charge in [0.25, 0.3) is 5.91 Å². The Hall–Kier alpha value is -5.67. The standard InChI is InChI=1S/C28H32FNO6.C22H24N2O9.ClH/c1-16-12-21-20-5-4-18-13-19(31)6-9-25(18,2)27(20,29)22(32)14-26(21,3)28(16,35)23(33)15-36-24(34)17-7-10-30-11-8-17;1-21(32)7-5-4-6-8(25)9(7)15(26)10-12(21)17(28)13-14(24(2)3)16(27)11(20(23)31)19(30)22(13,33)18(10)29;/h6-11,13,16,20-22,32,35H,4-5,12,14-15H2,1-3H3;4-6,12-14,17,25-26,28,30,32-33H,1-3H3,(H2,23,31);1H/t16-,20+,21+,22+,25+,26+,27+,28+;12-,13-,14+,17+,21-,22+;/m11./s1. The van der Waals surface area contributed by atoms with Crippen molar-refractivity contribution in [3.05, 3.63) is 100 Å². The molecule has 0 unspecified atom stereocenters. The number of aromatic nitrogens is 1. The van der Waals surface area contributed by atoms with Crippen LogP contribution in [0.4, 0.5) is 4.39 Å². The molecular weight excluding hydrogens is 937 g/mol. The number of carbonyl (C=O) groups is 6. The number of fused-ring (bicyclic) bond motifs is 8. The van der Waals surface area contributed by atoms with Crippen LogP contribution < -0.4 is 5.73 Å². The Bertz CT molecular complexity index is 2740. The highest BCUT2D eigenvalue weighted by atomic mass is 35.5. The number of aromatic hydroxyl groups is 1. The van der Waals surface area contributed by atoms with Gasteiger partial charge in [0.1, 0.15) is 28.4 Å². The Labute approximate surface area is 407 Å². The third-order valence-electron chi connectivity index (χ3n) is 16.9. The van der Waals surface area contributed by atoms with Crippen molar-refractivity contribution in [2.75, 3.05) is 20.7 Å². The molecule has 7 aliphatic carbocycles. The Morgan fingerprint density at radius 1 is 0.971 bits per heavy atom. The van der Waals surface area contributed by atoms with Gasteiger partial charge in [-0.25, -0.2) is 9.18 Å². The Morgan fingerprint density at radius 2 is 1.61 bits per heavy atom. The Kier molecular flexibility index (Phi) is 12.9. The minimum absolute atomic E-state index is 0. The summed E-state index contributed by atoms with van der Waals surface area (Å²) < 4.78 is 22.4. The lowest BCUT2D eigenvalue weighted by Gasteiger charge is -2.62. The summed E-state index contributed by atoms with van der Waals surface area (Å²) >= 11 is 0. The number of allylic oxidation sites excluding steroid dienone is 4. The van der Waals surface area contributed by atoms with E-state index < -0.39 is 139 Å². The number of halogens is 2. The third kappa shape index (κ3) is 6.83. The number of rotatable bonds is 6. The summed E-state index contributed by atoms with van der Waals surface area (Å²) in [6.07, 6.45) is 5.15. The number of primary amides is 1. The van der Waals surface area contributed by atoms with Crippen molar-refractivity contribution < 1.29 is 78.7 Å². The van der Waals surface area contributed by atoms with Crippen molar-refractivity contribution in [2.45, 2.75) is 94.1 Å². The van der Waals surface area contributed by atoms with Crippen LogP contribution in [0.2, 0.25) is 0 Å². The van der Waals surface area contributed by atoms with E-state index in [0.717, 1.165) is 0 Å². The van der Waals surface area contributed by atoms with Gasteiger partial charge in [-0.2, -0.15) is 0 Å². The predicted octanol–water partition coefficient (Wildman–Crippen LogP) is 2.18. The molecule has 20 heteroatoms. The smallest absolute Gasteiger partial charge is 0.338 e. The first kappa shape index (κ1) is 52.2. The summed E-state index contributed by atoms with van der Waals surface area (Å²) in [6.45, 7) is 5.87. The highest BCUT2D eigenvalue weighted by Crippen LogP contribution is 2.71. The zero-order valence-electron chi connectivity index (χ0n) is 39.1. The van der Waals surface area contributed by atoms with E-state index in [1.54, 1.807) is 26.8 Å². The molecule has 1 heterocycles. The van der Waals surface area contributed by atoms with Gasteiger partial charge >= 0.3 is 5.97 Å². The number of aliphatic hydroxyl groups is 7.